The Kier molecular flexibility index (Phi) is 49.2. The number of hydrogen-bond donors (Lipinski definition) is 14. The highest BCUT2D eigenvalue weighted by atomic mass is 16.8. The number of aliphatic hydroxyl groups is 11. The van der Waals surface area contributed by atoms with Gasteiger partial charge < -0.3 is 100 Å². The molecule has 3 aliphatic rings. The van der Waals surface area contributed by atoms with Crippen LogP contribution in [0, 0.1) is 0 Å². The Labute approximate surface area is 581 Å². The standard InChI is InChI=1S/C74H136N2O21/c1-4-6-8-10-12-14-16-18-19-20-21-22-23-24-25-26-27-28-29-30-31-32-33-34-36-38-40-42-44-46-48-61(84)76-55(56(81)47-45-43-41-39-37-35-17-15-13-11-9-7-5-2)53-92-71-66(88)65(87)68(60(52-79)94-71)95-72-67(89)70(64(86)59(51-78)93-72)97-74(73(90)91)49-57(82)62(75-54(3)80)69(96-74)63(85)58(83)50-77/h24-25,45,47,55-60,62-72,77-79,81-83,85-89H,4-23,26-44,46,48-53H2,1-3H3,(H,75,80)(H,76,84)(H,90,91)/b25-24-,47-45+. The van der Waals surface area contributed by atoms with Gasteiger partial charge in [0, 0.05) is 19.8 Å². The number of carbonyl (C=O) groups is 3. The van der Waals surface area contributed by atoms with Crippen molar-refractivity contribution in [2.45, 2.75) is 400 Å². The summed E-state index contributed by atoms with van der Waals surface area (Å²) in [5.41, 5.74) is 0. The van der Waals surface area contributed by atoms with Gasteiger partial charge in [-0.2, -0.15) is 0 Å². The summed E-state index contributed by atoms with van der Waals surface area (Å²) in [4.78, 5) is 38.6. The van der Waals surface area contributed by atoms with Crippen LogP contribution in [-0.2, 0) is 42.8 Å². The average Bonchev–Trinajstić information content (AvgIpc) is 0.759. The maximum atomic E-state index is 13.5. The van der Waals surface area contributed by atoms with Gasteiger partial charge in [0.2, 0.25) is 11.8 Å². The minimum atomic E-state index is -3.08. The molecule has 3 saturated heterocycles. The van der Waals surface area contributed by atoms with Crippen LogP contribution < -0.4 is 10.6 Å². The molecule has 3 fully saturated rings. The zero-order chi connectivity index (χ0) is 71.1. The van der Waals surface area contributed by atoms with E-state index in [-0.39, 0.29) is 12.3 Å². The van der Waals surface area contributed by atoms with Crippen LogP contribution in [0.4, 0.5) is 0 Å². The molecule has 0 saturated carbocycles. The van der Waals surface area contributed by atoms with E-state index in [0.717, 1.165) is 51.9 Å². The number of hydrogen-bond acceptors (Lipinski definition) is 20. The number of nitrogens with one attached hydrogen (secondary N) is 2. The highest BCUT2D eigenvalue weighted by molar-refractivity contribution is 5.77. The predicted octanol–water partition coefficient (Wildman–Crippen LogP) is 8.79. The lowest BCUT2D eigenvalue weighted by Gasteiger charge is -2.50. The fraction of sp³-hybridized carbons (Fsp3) is 0.905. The number of unbranched alkanes of at least 4 members (excludes halogenated alkanes) is 37. The minimum absolute atomic E-state index is 0.202. The number of rotatable bonds is 59. The lowest BCUT2D eigenvalue weighted by molar-refractivity contribution is -0.386. The molecule has 3 heterocycles. The smallest absolute Gasteiger partial charge is 0.364 e. The number of carboxylic acid groups (broad SMARTS) is 1. The second kappa shape index (κ2) is 53.9. The van der Waals surface area contributed by atoms with Gasteiger partial charge in [0.1, 0.15) is 67.1 Å². The van der Waals surface area contributed by atoms with E-state index in [9.17, 15) is 75.7 Å². The van der Waals surface area contributed by atoms with Crippen LogP contribution in [0.1, 0.15) is 290 Å². The number of allylic oxidation sites excluding steroid dienone is 3. The van der Waals surface area contributed by atoms with Crippen molar-refractivity contribution in [3.8, 4) is 0 Å². The van der Waals surface area contributed by atoms with E-state index in [1.54, 1.807) is 6.08 Å². The number of aliphatic hydroxyl groups excluding tert-OH is 11. The molecule has 18 atom stereocenters. The van der Waals surface area contributed by atoms with Crippen molar-refractivity contribution < 1.29 is 104 Å². The lowest BCUT2D eigenvalue weighted by Crippen LogP contribution is -2.70. The summed E-state index contributed by atoms with van der Waals surface area (Å²) in [6, 6.07) is -2.62. The number of aliphatic carboxylic acids is 1. The summed E-state index contributed by atoms with van der Waals surface area (Å²) < 4.78 is 34.8. The fourth-order valence-electron chi connectivity index (χ4n) is 13.3. The molecule has 0 aromatic carbocycles. The Morgan fingerprint density at radius 2 is 0.969 bits per heavy atom. The Bertz CT molecular complexity index is 2040. The van der Waals surface area contributed by atoms with Crippen LogP contribution in [0.25, 0.3) is 0 Å². The summed E-state index contributed by atoms with van der Waals surface area (Å²) >= 11 is 0. The van der Waals surface area contributed by atoms with Crippen LogP contribution in [0.2, 0.25) is 0 Å². The van der Waals surface area contributed by atoms with Crippen molar-refractivity contribution in [1.82, 2.24) is 10.6 Å². The molecule has 0 spiro atoms. The number of ether oxygens (including phenoxy) is 6. The van der Waals surface area contributed by atoms with Gasteiger partial charge in [-0.25, -0.2) is 4.79 Å². The van der Waals surface area contributed by atoms with Crippen molar-refractivity contribution in [2.24, 2.45) is 0 Å². The van der Waals surface area contributed by atoms with E-state index in [2.05, 4.69) is 36.6 Å². The Morgan fingerprint density at radius 3 is 1.40 bits per heavy atom. The van der Waals surface area contributed by atoms with Crippen LogP contribution >= 0.6 is 0 Å². The van der Waals surface area contributed by atoms with E-state index in [1.165, 1.54) is 199 Å². The molecule has 3 rings (SSSR count). The summed E-state index contributed by atoms with van der Waals surface area (Å²) in [6.07, 6.45) is 28.1. The van der Waals surface area contributed by atoms with Gasteiger partial charge in [-0.1, -0.05) is 250 Å². The largest absolute Gasteiger partial charge is 0.477 e. The molecule has 18 unspecified atom stereocenters. The van der Waals surface area contributed by atoms with Gasteiger partial charge in [-0.3, -0.25) is 9.59 Å². The molecule has 23 heteroatoms. The topological polar surface area (TPSA) is 373 Å². The van der Waals surface area contributed by atoms with Gasteiger partial charge in [-0.05, 0) is 44.9 Å². The van der Waals surface area contributed by atoms with Crippen molar-refractivity contribution in [3.05, 3.63) is 24.3 Å². The van der Waals surface area contributed by atoms with Crippen LogP contribution in [0.15, 0.2) is 24.3 Å². The van der Waals surface area contributed by atoms with Crippen LogP contribution in [0.5, 0.6) is 0 Å². The van der Waals surface area contributed by atoms with Crippen molar-refractivity contribution in [3.63, 3.8) is 0 Å². The monoisotopic (exact) mass is 1390 g/mol. The minimum Gasteiger partial charge on any atom is -0.477 e. The van der Waals surface area contributed by atoms with Crippen LogP contribution in [0.3, 0.4) is 0 Å². The normalized spacial score (nSPS) is 27.5. The summed E-state index contributed by atoms with van der Waals surface area (Å²) in [7, 11) is 0. The van der Waals surface area contributed by atoms with Gasteiger partial charge in [-0.15, -0.1) is 0 Å². The van der Waals surface area contributed by atoms with Crippen LogP contribution in [-0.4, -0.2) is 215 Å². The Hall–Kier alpha value is -2.79. The van der Waals surface area contributed by atoms with E-state index in [4.69, 9.17) is 28.4 Å². The molecule has 0 bridgehead atoms. The number of carboxylic acids is 1. The third-order valence-electron chi connectivity index (χ3n) is 19.4. The molecule has 0 aromatic heterocycles. The molecule has 14 N–H and O–H groups in total. The maximum Gasteiger partial charge on any atom is 0.364 e. The molecular formula is C74H136N2O21. The zero-order valence-electron chi connectivity index (χ0n) is 59.7. The first kappa shape index (κ1) is 88.4. The van der Waals surface area contributed by atoms with Gasteiger partial charge in [0.05, 0.1) is 50.7 Å². The fourth-order valence-corrected chi connectivity index (χ4v) is 13.3. The third-order valence-corrected chi connectivity index (χ3v) is 19.4. The molecule has 0 aromatic rings. The van der Waals surface area contributed by atoms with E-state index < -0.39 is 155 Å². The molecule has 23 nitrogen and oxygen atoms in total. The van der Waals surface area contributed by atoms with E-state index in [0.29, 0.717) is 12.8 Å². The second-order valence-corrected chi connectivity index (χ2v) is 27.9. The first-order valence-electron chi connectivity index (χ1n) is 38.2. The Morgan fingerprint density at radius 1 is 0.536 bits per heavy atom. The zero-order valence-corrected chi connectivity index (χ0v) is 59.7. The SMILES string of the molecule is CCCCCCCCCCCCC/C=C/C(O)C(COC1OC(CO)C(OC2OC(CO)C(O)C(OC3(C(=O)O)CC(O)C(NC(C)=O)C(C(O)C(O)CO)O3)C2O)C(O)C1O)NC(=O)CCCCCCCCCCCCCCCC/C=C\CCCCCCCCCCCCCC. The van der Waals surface area contributed by atoms with Crippen molar-refractivity contribution >= 4 is 17.8 Å². The maximum absolute atomic E-state index is 13.5. The quantitative estimate of drug-likeness (QED) is 0.0200. The molecule has 3 aliphatic heterocycles. The third kappa shape index (κ3) is 35.3. The van der Waals surface area contributed by atoms with E-state index in [1.807, 2.05) is 6.08 Å². The highest BCUT2D eigenvalue weighted by Gasteiger charge is 2.60. The average molecular weight is 1390 g/mol. The van der Waals surface area contributed by atoms with Crippen molar-refractivity contribution in [1.29, 1.82) is 0 Å². The van der Waals surface area contributed by atoms with E-state index >= 15 is 0 Å². The first-order chi connectivity index (χ1) is 46.9. The van der Waals surface area contributed by atoms with Gasteiger partial charge >= 0.3 is 5.97 Å². The van der Waals surface area contributed by atoms with Gasteiger partial charge in [0.15, 0.2) is 12.6 Å². The summed E-state index contributed by atoms with van der Waals surface area (Å²) in [5.74, 6) is -6.14. The lowest BCUT2D eigenvalue weighted by atomic mass is 9.88. The Balaban J connectivity index is 1.49. The molecular weight excluding hydrogens is 1250 g/mol. The predicted molar refractivity (Wildman–Crippen MR) is 371 cm³/mol. The molecule has 2 amide bonds. The second-order valence-electron chi connectivity index (χ2n) is 27.9. The first-order valence-corrected chi connectivity index (χ1v) is 38.2. The molecule has 97 heavy (non-hydrogen) atoms. The van der Waals surface area contributed by atoms with Crippen molar-refractivity contribution in [2.75, 3.05) is 26.4 Å². The molecule has 0 radical (unpaired) electrons. The number of carbonyl (C=O) groups excluding carboxylic acids is 2. The van der Waals surface area contributed by atoms with Gasteiger partial charge in [0.25, 0.3) is 5.79 Å². The molecule has 0 aliphatic carbocycles. The molecule has 568 valence electrons. The highest BCUT2D eigenvalue weighted by Crippen LogP contribution is 2.39. The number of amides is 2. The summed E-state index contributed by atoms with van der Waals surface area (Å²) in [6.45, 7) is 2.15. The summed E-state index contributed by atoms with van der Waals surface area (Å²) in [5, 5.41) is 136.